The molecular weight excluding hydrogens is 388 g/mol. The van der Waals surface area contributed by atoms with Gasteiger partial charge < -0.3 is 8.85 Å². The maximum atomic E-state index is 6.88. The summed E-state index contributed by atoms with van der Waals surface area (Å²) in [6.45, 7) is 17.3. The number of hydrogen-bond acceptors (Lipinski definition) is 2. The van der Waals surface area contributed by atoms with Crippen LogP contribution in [0.25, 0.3) is 0 Å². The van der Waals surface area contributed by atoms with E-state index in [4.69, 9.17) is 8.85 Å². The van der Waals surface area contributed by atoms with Crippen molar-refractivity contribution in [2.45, 2.75) is 117 Å². The van der Waals surface area contributed by atoms with Crippen LogP contribution in [-0.4, -0.2) is 29.3 Å². The Balaban J connectivity index is 1.99. The highest BCUT2D eigenvalue weighted by atomic mass is 28.4. The van der Waals surface area contributed by atoms with Gasteiger partial charge in [-0.15, -0.1) is 0 Å². The molecule has 4 heteroatoms. The molecule has 2 aliphatic rings. The van der Waals surface area contributed by atoms with Crippen LogP contribution in [0.5, 0.6) is 0 Å². The molecule has 0 fully saturated rings. The molecule has 0 aromatic carbocycles. The Morgan fingerprint density at radius 3 is 2.00 bits per heavy atom. The van der Waals surface area contributed by atoms with E-state index in [2.05, 4.69) is 60.6 Å². The van der Waals surface area contributed by atoms with Crippen LogP contribution in [0.4, 0.5) is 0 Å². The minimum absolute atomic E-state index is 0.385. The Kier molecular flexibility index (Phi) is 9.91. The van der Waals surface area contributed by atoms with Crippen LogP contribution in [0.2, 0.25) is 36.3 Å². The molecule has 3 atom stereocenters. The Bertz CT molecular complexity index is 545. The summed E-state index contributed by atoms with van der Waals surface area (Å²) in [4.78, 5) is 0. The van der Waals surface area contributed by atoms with E-state index in [1.807, 2.05) is 0 Å². The van der Waals surface area contributed by atoms with Crippen molar-refractivity contribution in [2.24, 2.45) is 11.8 Å². The van der Waals surface area contributed by atoms with Crippen LogP contribution in [-0.2, 0) is 8.85 Å². The van der Waals surface area contributed by atoms with Crippen molar-refractivity contribution in [3.63, 3.8) is 0 Å². The van der Waals surface area contributed by atoms with E-state index in [1.165, 1.54) is 61.9 Å². The molecule has 0 amide bonds. The van der Waals surface area contributed by atoms with Gasteiger partial charge in [0.2, 0.25) is 0 Å². The second-order valence-electron chi connectivity index (χ2n) is 9.47. The zero-order chi connectivity index (χ0) is 21.5. The van der Waals surface area contributed by atoms with Crippen molar-refractivity contribution in [1.29, 1.82) is 0 Å². The fourth-order valence-electron chi connectivity index (χ4n) is 5.58. The van der Waals surface area contributed by atoms with Gasteiger partial charge >= 0.3 is 0 Å². The van der Waals surface area contributed by atoms with Crippen molar-refractivity contribution >= 4 is 16.6 Å². The minimum Gasteiger partial charge on any atom is -0.416 e. The Morgan fingerprint density at radius 2 is 1.45 bits per heavy atom. The predicted octanol–water partition coefficient (Wildman–Crippen LogP) is 8.09. The van der Waals surface area contributed by atoms with Gasteiger partial charge in [-0.1, -0.05) is 59.3 Å². The average Bonchev–Trinajstić information content (AvgIpc) is 3.07. The smallest absolute Gasteiger partial charge is 0.192 e. The first-order valence-electron chi connectivity index (χ1n) is 12.6. The topological polar surface area (TPSA) is 18.5 Å². The number of rotatable bonds is 12. The van der Waals surface area contributed by atoms with Gasteiger partial charge in [0.25, 0.3) is 0 Å². The Hall–Kier alpha value is -0.166. The summed E-state index contributed by atoms with van der Waals surface area (Å²) in [6, 6.07) is 7.50. The lowest BCUT2D eigenvalue weighted by atomic mass is 9.91. The van der Waals surface area contributed by atoms with Crippen LogP contribution in [0.3, 0.4) is 0 Å². The van der Waals surface area contributed by atoms with Crippen molar-refractivity contribution in [3.05, 3.63) is 23.3 Å². The SMILES string of the molecule is CC[Si](CC)(CC)OC[C@H]1C=CC2=C(CC1)[C@H]([C@@H](C)O[Si](CC)(CC)CC)CC2. The Labute approximate surface area is 183 Å². The van der Waals surface area contributed by atoms with Crippen LogP contribution in [0.1, 0.15) is 74.1 Å². The van der Waals surface area contributed by atoms with Gasteiger partial charge in [0.1, 0.15) is 0 Å². The average molecular weight is 437 g/mol. The second kappa shape index (κ2) is 11.5. The maximum Gasteiger partial charge on any atom is 0.192 e. The molecule has 0 radical (unpaired) electrons. The molecule has 2 nitrogen and oxygen atoms in total. The van der Waals surface area contributed by atoms with E-state index in [0.717, 1.165) is 6.61 Å². The highest BCUT2D eigenvalue weighted by molar-refractivity contribution is 6.74. The van der Waals surface area contributed by atoms with E-state index in [-0.39, 0.29) is 0 Å². The predicted molar refractivity (Wildman–Crippen MR) is 133 cm³/mol. The summed E-state index contributed by atoms with van der Waals surface area (Å²) in [6.07, 6.45) is 10.3. The van der Waals surface area contributed by atoms with Gasteiger partial charge in [-0.3, -0.25) is 0 Å². The molecule has 2 aliphatic carbocycles. The summed E-state index contributed by atoms with van der Waals surface area (Å²) in [5, 5.41) is 0. The molecule has 168 valence electrons. The van der Waals surface area contributed by atoms with E-state index in [9.17, 15) is 0 Å². The molecule has 0 aliphatic heterocycles. The molecule has 29 heavy (non-hydrogen) atoms. The molecule has 0 saturated carbocycles. The third-order valence-electron chi connectivity index (χ3n) is 8.41. The molecule has 0 aromatic heterocycles. The molecule has 0 N–H and O–H groups in total. The largest absolute Gasteiger partial charge is 0.416 e. The molecule has 0 bridgehead atoms. The molecular formula is C25H48O2Si2. The van der Waals surface area contributed by atoms with Crippen LogP contribution in [0.15, 0.2) is 23.3 Å². The molecule has 0 spiro atoms. The lowest BCUT2D eigenvalue weighted by Crippen LogP contribution is -2.41. The summed E-state index contributed by atoms with van der Waals surface area (Å²) >= 11 is 0. The summed E-state index contributed by atoms with van der Waals surface area (Å²) in [5.74, 6) is 1.23. The highest BCUT2D eigenvalue weighted by Crippen LogP contribution is 2.42. The first kappa shape index (κ1) is 25.1. The van der Waals surface area contributed by atoms with Gasteiger partial charge in [-0.05, 0) is 80.4 Å². The van der Waals surface area contributed by atoms with Gasteiger partial charge in [0, 0.05) is 18.6 Å². The molecule has 2 rings (SSSR count). The fraction of sp³-hybridized carbons (Fsp3) is 0.840. The van der Waals surface area contributed by atoms with Crippen molar-refractivity contribution in [2.75, 3.05) is 6.61 Å². The molecule has 0 unspecified atom stereocenters. The number of allylic oxidation sites excluding steroid dienone is 2. The number of hydrogen-bond donors (Lipinski definition) is 0. The third-order valence-corrected chi connectivity index (χ3v) is 17.8. The summed E-state index contributed by atoms with van der Waals surface area (Å²) in [7, 11) is -3.01. The zero-order valence-corrected chi connectivity index (χ0v) is 22.5. The van der Waals surface area contributed by atoms with Crippen LogP contribution < -0.4 is 0 Å². The van der Waals surface area contributed by atoms with Crippen molar-refractivity contribution in [3.8, 4) is 0 Å². The monoisotopic (exact) mass is 436 g/mol. The van der Waals surface area contributed by atoms with Gasteiger partial charge in [-0.2, -0.15) is 0 Å². The first-order valence-corrected chi connectivity index (χ1v) is 17.7. The van der Waals surface area contributed by atoms with Gasteiger partial charge in [0.05, 0.1) is 0 Å². The second-order valence-corrected chi connectivity index (χ2v) is 19.0. The van der Waals surface area contributed by atoms with E-state index in [1.54, 1.807) is 11.1 Å². The fourth-order valence-corrected chi connectivity index (χ4v) is 11.2. The lowest BCUT2D eigenvalue weighted by molar-refractivity contribution is 0.153. The maximum absolute atomic E-state index is 6.88. The zero-order valence-electron chi connectivity index (χ0n) is 20.5. The first-order chi connectivity index (χ1) is 13.9. The van der Waals surface area contributed by atoms with Crippen LogP contribution >= 0.6 is 0 Å². The van der Waals surface area contributed by atoms with Crippen molar-refractivity contribution in [1.82, 2.24) is 0 Å². The van der Waals surface area contributed by atoms with E-state index in [0.29, 0.717) is 17.9 Å². The van der Waals surface area contributed by atoms with Gasteiger partial charge in [-0.25, -0.2) is 0 Å². The minimum atomic E-state index is -1.53. The van der Waals surface area contributed by atoms with Gasteiger partial charge in [0.15, 0.2) is 16.6 Å². The molecule has 0 heterocycles. The quantitative estimate of drug-likeness (QED) is 0.288. The summed E-state index contributed by atoms with van der Waals surface area (Å²) in [5.41, 5.74) is 3.34. The third kappa shape index (κ3) is 5.96. The Morgan fingerprint density at radius 1 is 0.862 bits per heavy atom. The molecule has 0 aromatic rings. The van der Waals surface area contributed by atoms with Crippen molar-refractivity contribution < 1.29 is 8.85 Å². The summed E-state index contributed by atoms with van der Waals surface area (Å²) < 4.78 is 13.5. The molecule has 0 saturated heterocycles. The van der Waals surface area contributed by atoms with E-state index < -0.39 is 16.6 Å². The highest BCUT2D eigenvalue weighted by Gasteiger charge is 2.37. The standard InChI is InChI=1S/C25H48O2Si2/c1-8-28(9-2,10-3)26-20-22-14-16-23-17-19-24(25(23)18-15-22)21(7)27-29(11-4,12-5)13-6/h14,16,21-22,24H,8-13,15,17-20H2,1-7H3/t21-,22+,24+/m1/s1. The normalized spacial score (nSPS) is 24.0. The lowest BCUT2D eigenvalue weighted by Gasteiger charge is -2.35. The van der Waals surface area contributed by atoms with E-state index >= 15 is 0 Å². The van der Waals surface area contributed by atoms with Crippen LogP contribution in [0, 0.1) is 11.8 Å².